The molecular weight excluding hydrogens is 292 g/mol. The van der Waals surface area contributed by atoms with Gasteiger partial charge in [0.2, 0.25) is 0 Å². The Balaban J connectivity index is 1.89. The van der Waals surface area contributed by atoms with Crippen molar-refractivity contribution in [3.63, 3.8) is 0 Å². The lowest BCUT2D eigenvalue weighted by Crippen LogP contribution is -2.47. The SMILES string of the molecule is CCOC1CC(NC(=O)c2cc(S(=O)(=O)Cl)c[nH]2)C1. The maximum Gasteiger partial charge on any atom is 0.267 e. The van der Waals surface area contributed by atoms with Gasteiger partial charge < -0.3 is 15.0 Å². The Hall–Kier alpha value is -1.05. The van der Waals surface area contributed by atoms with Crippen molar-refractivity contribution >= 4 is 25.6 Å². The highest BCUT2D eigenvalue weighted by Gasteiger charge is 2.31. The maximum atomic E-state index is 11.8. The number of carbonyl (C=O) groups is 1. The molecule has 0 unspecified atom stereocenters. The number of aromatic amines is 1. The summed E-state index contributed by atoms with van der Waals surface area (Å²) in [5, 5.41) is 2.80. The smallest absolute Gasteiger partial charge is 0.267 e. The first-order valence-electron chi connectivity index (χ1n) is 5.95. The van der Waals surface area contributed by atoms with Crippen molar-refractivity contribution in [3.05, 3.63) is 18.0 Å². The van der Waals surface area contributed by atoms with Crippen LogP contribution in [0, 0.1) is 0 Å². The van der Waals surface area contributed by atoms with Crippen molar-refractivity contribution in [1.82, 2.24) is 10.3 Å². The van der Waals surface area contributed by atoms with E-state index in [0.717, 1.165) is 12.8 Å². The highest BCUT2D eigenvalue weighted by atomic mass is 35.7. The number of amides is 1. The summed E-state index contributed by atoms with van der Waals surface area (Å²) in [5.74, 6) is -0.341. The topological polar surface area (TPSA) is 88.3 Å². The molecule has 1 fully saturated rings. The fourth-order valence-corrected chi connectivity index (χ4v) is 2.69. The second-order valence-electron chi connectivity index (χ2n) is 4.41. The third-order valence-electron chi connectivity index (χ3n) is 3.02. The molecule has 0 aromatic carbocycles. The van der Waals surface area contributed by atoms with Crippen LogP contribution in [0.25, 0.3) is 0 Å². The predicted molar refractivity (Wildman–Crippen MR) is 69.7 cm³/mol. The van der Waals surface area contributed by atoms with Crippen molar-refractivity contribution < 1.29 is 17.9 Å². The van der Waals surface area contributed by atoms with Gasteiger partial charge in [-0.25, -0.2) is 8.42 Å². The zero-order valence-electron chi connectivity index (χ0n) is 10.3. The van der Waals surface area contributed by atoms with Gasteiger partial charge in [0.15, 0.2) is 0 Å². The molecule has 1 amide bonds. The Labute approximate surface area is 115 Å². The van der Waals surface area contributed by atoms with Crippen molar-refractivity contribution in [2.45, 2.75) is 36.8 Å². The molecule has 0 saturated heterocycles. The Bertz CT molecular complexity index is 563. The lowest BCUT2D eigenvalue weighted by atomic mass is 9.89. The van der Waals surface area contributed by atoms with Crippen LogP contribution >= 0.6 is 10.7 Å². The van der Waals surface area contributed by atoms with Gasteiger partial charge in [0.1, 0.15) is 10.6 Å². The zero-order chi connectivity index (χ0) is 14.0. The van der Waals surface area contributed by atoms with Crippen LogP contribution in [0.2, 0.25) is 0 Å². The van der Waals surface area contributed by atoms with Crippen LogP contribution in [0.3, 0.4) is 0 Å². The van der Waals surface area contributed by atoms with Crippen LogP contribution in [0.5, 0.6) is 0 Å². The van der Waals surface area contributed by atoms with Crippen LogP contribution in [-0.2, 0) is 13.8 Å². The van der Waals surface area contributed by atoms with E-state index in [0.29, 0.717) is 6.61 Å². The molecule has 0 radical (unpaired) electrons. The Morgan fingerprint density at radius 1 is 1.58 bits per heavy atom. The first kappa shape index (κ1) is 14.4. The molecule has 1 aliphatic carbocycles. The number of hydrogen-bond donors (Lipinski definition) is 2. The molecular formula is C11H15ClN2O4S. The molecule has 19 heavy (non-hydrogen) atoms. The molecule has 0 atom stereocenters. The highest BCUT2D eigenvalue weighted by molar-refractivity contribution is 8.13. The number of aromatic nitrogens is 1. The number of rotatable bonds is 5. The molecule has 1 aromatic heterocycles. The molecule has 1 heterocycles. The number of H-pyrrole nitrogens is 1. The third kappa shape index (κ3) is 3.49. The number of ether oxygens (including phenoxy) is 1. The third-order valence-corrected chi connectivity index (χ3v) is 4.35. The number of carbonyl (C=O) groups excluding carboxylic acids is 1. The highest BCUT2D eigenvalue weighted by Crippen LogP contribution is 2.23. The lowest BCUT2D eigenvalue weighted by Gasteiger charge is -2.35. The summed E-state index contributed by atoms with van der Waals surface area (Å²) in [4.78, 5) is 14.3. The van der Waals surface area contributed by atoms with Crippen molar-refractivity contribution in [3.8, 4) is 0 Å². The summed E-state index contributed by atoms with van der Waals surface area (Å²) in [6.07, 6.45) is 2.96. The van der Waals surface area contributed by atoms with E-state index in [-0.39, 0.29) is 28.6 Å². The van der Waals surface area contributed by atoms with Gasteiger partial charge in [0.25, 0.3) is 15.0 Å². The Kier molecular flexibility index (Phi) is 4.17. The molecule has 2 N–H and O–H groups in total. The van der Waals surface area contributed by atoms with E-state index in [2.05, 4.69) is 10.3 Å². The molecule has 1 aromatic rings. The van der Waals surface area contributed by atoms with E-state index in [1.54, 1.807) is 0 Å². The number of hydrogen-bond acceptors (Lipinski definition) is 4. The van der Waals surface area contributed by atoms with Gasteiger partial charge in [-0.15, -0.1) is 0 Å². The zero-order valence-corrected chi connectivity index (χ0v) is 11.9. The van der Waals surface area contributed by atoms with Crippen LogP contribution in [0.15, 0.2) is 17.2 Å². The van der Waals surface area contributed by atoms with Crippen molar-refractivity contribution in [2.75, 3.05) is 6.61 Å². The monoisotopic (exact) mass is 306 g/mol. The summed E-state index contributed by atoms with van der Waals surface area (Å²) in [6.45, 7) is 2.60. The van der Waals surface area contributed by atoms with Crippen LogP contribution in [0.1, 0.15) is 30.3 Å². The molecule has 0 aliphatic heterocycles. The first-order valence-corrected chi connectivity index (χ1v) is 8.26. The summed E-state index contributed by atoms with van der Waals surface area (Å²) >= 11 is 0. The Morgan fingerprint density at radius 2 is 2.26 bits per heavy atom. The van der Waals surface area contributed by atoms with Gasteiger partial charge in [-0.05, 0) is 25.8 Å². The molecule has 6 nitrogen and oxygen atoms in total. The quantitative estimate of drug-likeness (QED) is 0.801. The van der Waals surface area contributed by atoms with E-state index in [1.807, 2.05) is 6.92 Å². The van der Waals surface area contributed by atoms with Gasteiger partial charge in [0, 0.05) is 29.5 Å². The standard InChI is InChI=1S/C11H15ClN2O4S/c1-2-18-8-3-7(4-8)14-11(15)10-5-9(6-13-10)19(12,16)17/h5-8,13H,2-4H2,1H3,(H,14,15). The predicted octanol–water partition coefficient (Wildman–Crippen LogP) is 1.24. The van der Waals surface area contributed by atoms with Crippen LogP contribution in [-0.4, -0.2) is 38.1 Å². The summed E-state index contributed by atoms with van der Waals surface area (Å²) in [7, 11) is 1.37. The van der Waals surface area contributed by atoms with Crippen LogP contribution in [0.4, 0.5) is 0 Å². The van der Waals surface area contributed by atoms with Crippen molar-refractivity contribution in [2.24, 2.45) is 0 Å². The van der Waals surface area contributed by atoms with Crippen LogP contribution < -0.4 is 5.32 Å². The van der Waals surface area contributed by atoms with E-state index < -0.39 is 9.05 Å². The van der Waals surface area contributed by atoms with Gasteiger partial charge >= 0.3 is 0 Å². The molecule has 8 heteroatoms. The fraction of sp³-hybridized carbons (Fsp3) is 0.545. The minimum atomic E-state index is -3.81. The second-order valence-corrected chi connectivity index (χ2v) is 6.97. The fourth-order valence-electron chi connectivity index (χ4n) is 1.96. The Morgan fingerprint density at radius 3 is 2.79 bits per heavy atom. The summed E-state index contributed by atoms with van der Waals surface area (Å²) < 4.78 is 27.5. The summed E-state index contributed by atoms with van der Waals surface area (Å²) in [6, 6.07) is 1.29. The van der Waals surface area contributed by atoms with E-state index in [9.17, 15) is 13.2 Å². The van der Waals surface area contributed by atoms with E-state index >= 15 is 0 Å². The average molecular weight is 307 g/mol. The molecule has 0 bridgehead atoms. The van der Waals surface area contributed by atoms with Gasteiger partial charge in [-0.2, -0.15) is 0 Å². The lowest BCUT2D eigenvalue weighted by molar-refractivity contribution is -0.00866. The number of halogens is 1. The average Bonchev–Trinajstić information content (AvgIpc) is 2.74. The maximum absolute atomic E-state index is 11.8. The molecule has 0 spiro atoms. The molecule has 1 aliphatic rings. The van der Waals surface area contributed by atoms with Gasteiger partial charge in [0.05, 0.1) is 6.10 Å². The minimum absolute atomic E-state index is 0.0726. The first-order chi connectivity index (χ1) is 8.90. The number of nitrogens with one attached hydrogen (secondary N) is 2. The normalized spacial score (nSPS) is 22.8. The minimum Gasteiger partial charge on any atom is -0.378 e. The second kappa shape index (κ2) is 5.52. The van der Waals surface area contributed by atoms with Gasteiger partial charge in [-0.3, -0.25) is 4.79 Å². The van der Waals surface area contributed by atoms with Gasteiger partial charge in [-0.1, -0.05) is 0 Å². The largest absolute Gasteiger partial charge is 0.378 e. The molecule has 106 valence electrons. The van der Waals surface area contributed by atoms with E-state index in [1.165, 1.54) is 12.3 Å². The van der Waals surface area contributed by atoms with E-state index in [4.69, 9.17) is 15.4 Å². The molecule has 1 saturated carbocycles. The summed E-state index contributed by atoms with van der Waals surface area (Å²) in [5.41, 5.74) is 0.180. The van der Waals surface area contributed by atoms with Crippen molar-refractivity contribution in [1.29, 1.82) is 0 Å². The molecule has 2 rings (SSSR count).